The van der Waals surface area contributed by atoms with E-state index in [2.05, 4.69) is 26.0 Å². The van der Waals surface area contributed by atoms with Crippen LogP contribution in [0.3, 0.4) is 0 Å². The summed E-state index contributed by atoms with van der Waals surface area (Å²) in [6.45, 7) is 12.7. The van der Waals surface area contributed by atoms with E-state index >= 15 is 0 Å². The van der Waals surface area contributed by atoms with Gasteiger partial charge in [0.2, 0.25) is 0 Å². The summed E-state index contributed by atoms with van der Waals surface area (Å²) in [7, 11) is 0. The van der Waals surface area contributed by atoms with Crippen molar-refractivity contribution >= 4 is 11.9 Å². The van der Waals surface area contributed by atoms with Crippen LogP contribution in [0.5, 0.6) is 0 Å². The predicted octanol–water partition coefficient (Wildman–Crippen LogP) is 4.59. The number of carbonyl (C=O) groups is 2. The van der Waals surface area contributed by atoms with Crippen LogP contribution in [-0.2, 0) is 19.1 Å². The van der Waals surface area contributed by atoms with E-state index in [9.17, 15) is 14.7 Å². The molecule has 6 atom stereocenters. The second kappa shape index (κ2) is 8.63. The Hall–Kier alpha value is -1.62. The highest BCUT2D eigenvalue weighted by atomic mass is 16.6. The highest BCUT2D eigenvalue weighted by molar-refractivity contribution is 5.67. The Morgan fingerprint density at radius 3 is 2.34 bits per heavy atom. The van der Waals surface area contributed by atoms with E-state index in [-0.39, 0.29) is 29.2 Å². The average molecular weight is 407 g/mol. The quantitative estimate of drug-likeness (QED) is 0.548. The van der Waals surface area contributed by atoms with Gasteiger partial charge in [-0.15, -0.1) is 0 Å². The Balaban J connectivity index is 2.59. The molecule has 2 aliphatic rings. The lowest BCUT2D eigenvalue weighted by Crippen LogP contribution is -2.47. The van der Waals surface area contributed by atoms with Crippen LogP contribution < -0.4 is 0 Å². The lowest BCUT2D eigenvalue weighted by molar-refractivity contribution is -0.165. The van der Waals surface area contributed by atoms with Crippen molar-refractivity contribution < 1.29 is 24.2 Å². The monoisotopic (exact) mass is 406 g/mol. The normalized spacial score (nSPS) is 40.3. The van der Waals surface area contributed by atoms with E-state index in [4.69, 9.17) is 9.47 Å². The van der Waals surface area contributed by atoms with Crippen molar-refractivity contribution in [1.29, 1.82) is 0 Å². The Bertz CT molecular complexity index is 673. The van der Waals surface area contributed by atoms with Crippen molar-refractivity contribution in [3.63, 3.8) is 0 Å². The Kier molecular flexibility index (Phi) is 7.04. The van der Waals surface area contributed by atoms with Crippen molar-refractivity contribution in [2.75, 3.05) is 0 Å². The number of carbonyl (C=O) groups excluding carboxylic acids is 2. The van der Waals surface area contributed by atoms with E-state index < -0.39 is 17.3 Å². The summed E-state index contributed by atoms with van der Waals surface area (Å²) in [5.41, 5.74) is -2.02. The molecule has 1 saturated carbocycles. The average Bonchev–Trinajstić information content (AvgIpc) is 2.88. The first kappa shape index (κ1) is 23.7. The van der Waals surface area contributed by atoms with Crippen molar-refractivity contribution in [3.05, 3.63) is 24.3 Å². The first-order valence-electron chi connectivity index (χ1n) is 10.7. The van der Waals surface area contributed by atoms with Crippen LogP contribution in [0.1, 0.15) is 74.1 Å². The molecule has 2 rings (SSSR count). The van der Waals surface area contributed by atoms with Crippen LogP contribution in [0.15, 0.2) is 24.3 Å². The lowest BCUT2D eigenvalue weighted by Gasteiger charge is -2.43. The fourth-order valence-corrected chi connectivity index (χ4v) is 5.26. The minimum absolute atomic E-state index is 0.0388. The predicted molar refractivity (Wildman–Crippen MR) is 113 cm³/mol. The maximum atomic E-state index is 12.0. The number of ether oxygens (including phenoxy) is 2. The zero-order chi connectivity index (χ0) is 22.0. The molecule has 0 bridgehead atoms. The number of esters is 2. The van der Waals surface area contributed by atoms with Crippen molar-refractivity contribution in [1.82, 2.24) is 0 Å². The summed E-state index contributed by atoms with van der Waals surface area (Å²) >= 11 is 0. The molecule has 0 amide bonds. The molecule has 1 N–H and O–H groups in total. The standard InChI is InChI=1S/C24H38O5/c1-16-9-8-12-24(7,29-18(3)26)15-20(28-17(2)25)21-19(22(4,5)27)11-14-23(21,6)13-10-16/h8,10,12-13,16,19-21,27H,9,11,14-15H2,1-7H3/b12-8+,13-10+/t16-,19+,20-,21+,23-,24+/m0/s1. The minimum Gasteiger partial charge on any atom is -0.462 e. The van der Waals surface area contributed by atoms with Crippen LogP contribution in [0.2, 0.25) is 0 Å². The molecule has 1 fully saturated rings. The third-order valence-electron chi connectivity index (χ3n) is 6.58. The van der Waals surface area contributed by atoms with Gasteiger partial charge in [0.15, 0.2) is 0 Å². The molecular formula is C24H38O5. The molecule has 0 spiro atoms. The van der Waals surface area contributed by atoms with E-state index in [1.54, 1.807) is 0 Å². The van der Waals surface area contributed by atoms with Crippen LogP contribution in [0.4, 0.5) is 0 Å². The Morgan fingerprint density at radius 2 is 1.79 bits per heavy atom. The molecule has 0 radical (unpaired) electrons. The summed E-state index contributed by atoms with van der Waals surface area (Å²) in [5, 5.41) is 10.9. The molecule has 164 valence electrons. The summed E-state index contributed by atoms with van der Waals surface area (Å²) in [6, 6.07) is 0. The summed E-state index contributed by atoms with van der Waals surface area (Å²) in [6.07, 6.45) is 10.9. The first-order valence-corrected chi connectivity index (χ1v) is 10.7. The first-order chi connectivity index (χ1) is 13.3. The van der Waals surface area contributed by atoms with E-state index in [1.807, 2.05) is 32.9 Å². The zero-order valence-corrected chi connectivity index (χ0v) is 19.0. The molecule has 0 heterocycles. The third-order valence-corrected chi connectivity index (χ3v) is 6.58. The van der Waals surface area contributed by atoms with Gasteiger partial charge < -0.3 is 14.6 Å². The summed E-state index contributed by atoms with van der Waals surface area (Å²) in [5.74, 6) is -0.524. The fraction of sp³-hybridized carbons (Fsp3) is 0.750. The largest absolute Gasteiger partial charge is 0.462 e. The van der Waals surface area contributed by atoms with E-state index in [0.29, 0.717) is 12.3 Å². The van der Waals surface area contributed by atoms with Gasteiger partial charge in [-0.3, -0.25) is 9.59 Å². The van der Waals surface area contributed by atoms with Gasteiger partial charge in [-0.25, -0.2) is 0 Å². The minimum atomic E-state index is -0.909. The van der Waals surface area contributed by atoms with Crippen molar-refractivity contribution in [2.24, 2.45) is 23.2 Å². The van der Waals surface area contributed by atoms with Crippen molar-refractivity contribution in [2.45, 2.75) is 91.5 Å². The number of hydrogen-bond acceptors (Lipinski definition) is 5. The van der Waals surface area contributed by atoms with Gasteiger partial charge in [0.1, 0.15) is 11.7 Å². The second-order valence-electron chi connectivity index (χ2n) is 10.1. The van der Waals surface area contributed by atoms with Gasteiger partial charge in [-0.05, 0) is 63.4 Å². The molecule has 0 saturated heterocycles. The highest BCUT2D eigenvalue weighted by Gasteiger charge is 2.54. The number of aliphatic hydroxyl groups is 1. The lowest BCUT2D eigenvalue weighted by atomic mass is 9.68. The van der Waals surface area contributed by atoms with Crippen LogP contribution in [-0.4, -0.2) is 34.4 Å². The van der Waals surface area contributed by atoms with Gasteiger partial charge in [0.25, 0.3) is 0 Å². The van der Waals surface area contributed by atoms with Gasteiger partial charge in [-0.2, -0.15) is 0 Å². The van der Waals surface area contributed by atoms with Gasteiger partial charge in [-0.1, -0.05) is 32.1 Å². The number of allylic oxidation sites excluding steroid dienone is 3. The Labute approximate surface area is 175 Å². The van der Waals surface area contributed by atoms with Crippen LogP contribution in [0, 0.1) is 23.2 Å². The van der Waals surface area contributed by atoms with Crippen LogP contribution >= 0.6 is 0 Å². The molecule has 0 aliphatic heterocycles. The van der Waals surface area contributed by atoms with E-state index in [0.717, 1.165) is 19.3 Å². The van der Waals surface area contributed by atoms with Crippen LogP contribution in [0.25, 0.3) is 0 Å². The summed E-state index contributed by atoms with van der Waals surface area (Å²) in [4.78, 5) is 23.9. The molecule has 0 aromatic rings. The SMILES string of the molecule is CC(=O)O[C@H]1C[C@](C)(OC(C)=O)/C=C/C[C@H](C)/C=C/[C@@]2(C)CC[C@@H](C(C)(C)O)[C@H]12. The highest BCUT2D eigenvalue weighted by Crippen LogP contribution is 2.55. The molecular weight excluding hydrogens is 368 g/mol. The maximum Gasteiger partial charge on any atom is 0.303 e. The third kappa shape index (κ3) is 5.94. The number of rotatable bonds is 3. The van der Waals surface area contributed by atoms with E-state index in [1.165, 1.54) is 13.8 Å². The molecule has 0 unspecified atom stereocenters. The van der Waals surface area contributed by atoms with Gasteiger partial charge in [0, 0.05) is 26.2 Å². The van der Waals surface area contributed by atoms with Gasteiger partial charge in [0.05, 0.1) is 5.60 Å². The number of hydrogen-bond donors (Lipinski definition) is 1. The van der Waals surface area contributed by atoms with Crippen molar-refractivity contribution in [3.8, 4) is 0 Å². The molecule has 2 aliphatic carbocycles. The smallest absolute Gasteiger partial charge is 0.303 e. The maximum absolute atomic E-state index is 12.0. The molecule has 0 aromatic heterocycles. The zero-order valence-electron chi connectivity index (χ0n) is 19.0. The molecule has 5 heteroatoms. The van der Waals surface area contributed by atoms with Gasteiger partial charge >= 0.3 is 11.9 Å². The number of fused-ring (bicyclic) bond motifs is 1. The molecule has 5 nitrogen and oxygen atoms in total. The molecule has 0 aromatic carbocycles. The molecule has 29 heavy (non-hydrogen) atoms. The second-order valence-corrected chi connectivity index (χ2v) is 10.1. The fourth-order valence-electron chi connectivity index (χ4n) is 5.26. The topological polar surface area (TPSA) is 72.8 Å². The Morgan fingerprint density at radius 1 is 1.14 bits per heavy atom. The summed E-state index contributed by atoms with van der Waals surface area (Å²) < 4.78 is 11.6.